The van der Waals surface area contributed by atoms with Crippen LogP contribution < -0.4 is 0 Å². The Morgan fingerprint density at radius 3 is 2.15 bits per heavy atom. The molecular formula is C27H32O6. The predicted molar refractivity (Wildman–Crippen MR) is 115 cm³/mol. The number of fused-ring (bicyclic) bond motifs is 9. The number of ether oxygens (including phenoxy) is 2. The van der Waals surface area contributed by atoms with Crippen molar-refractivity contribution < 1.29 is 28.7 Å². The lowest BCUT2D eigenvalue weighted by Gasteiger charge is -2.59. The van der Waals surface area contributed by atoms with Crippen molar-refractivity contribution in [3.05, 3.63) is 12.2 Å². The maximum Gasteiger partial charge on any atom is 0.347 e. The van der Waals surface area contributed by atoms with Crippen molar-refractivity contribution in [1.29, 1.82) is 0 Å². The van der Waals surface area contributed by atoms with E-state index in [1.807, 2.05) is 12.2 Å². The molecule has 0 aromatic carbocycles. The molecule has 0 saturated heterocycles. The molecule has 8 unspecified atom stereocenters. The van der Waals surface area contributed by atoms with E-state index in [2.05, 4.69) is 6.92 Å². The van der Waals surface area contributed by atoms with Crippen molar-refractivity contribution in [2.45, 2.75) is 64.1 Å². The van der Waals surface area contributed by atoms with E-state index in [1.54, 1.807) is 6.92 Å². The Labute approximate surface area is 193 Å². The minimum absolute atomic E-state index is 0.0633. The standard InChI is InChI=1S/C27H32O6/c1-11(25(30)33-27(2)14-6-12-5-13(8-14)9-15(27)7-12)32-26(31)19-10-18-20-16-3-4-17(23(16)28)21(20)22(19)24(18)29/h3-4,11-22H,5-10H2,1-2H3. The Hall–Kier alpha value is -1.98. The van der Waals surface area contributed by atoms with Gasteiger partial charge in [-0.2, -0.15) is 0 Å². The lowest BCUT2D eigenvalue weighted by Crippen LogP contribution is -2.58. The van der Waals surface area contributed by atoms with Gasteiger partial charge in [-0.25, -0.2) is 4.79 Å². The lowest BCUT2D eigenvalue weighted by molar-refractivity contribution is -0.212. The second-order valence-corrected chi connectivity index (χ2v) is 12.4. The molecule has 0 aromatic rings. The number of allylic oxidation sites excluding steroid dienone is 2. The van der Waals surface area contributed by atoms with Gasteiger partial charge in [0.1, 0.15) is 17.2 Å². The van der Waals surface area contributed by atoms with Gasteiger partial charge in [0.15, 0.2) is 6.10 Å². The largest absolute Gasteiger partial charge is 0.456 e. The highest BCUT2D eigenvalue weighted by molar-refractivity contribution is 6.01. The van der Waals surface area contributed by atoms with Gasteiger partial charge in [0, 0.05) is 23.7 Å². The fraction of sp³-hybridized carbons (Fsp3) is 0.778. The highest BCUT2D eigenvalue weighted by Gasteiger charge is 2.70. The Kier molecular flexibility index (Phi) is 4.06. The highest BCUT2D eigenvalue weighted by Crippen LogP contribution is 2.64. The molecule has 8 aliphatic carbocycles. The van der Waals surface area contributed by atoms with Gasteiger partial charge in [-0.3, -0.25) is 14.4 Å². The van der Waals surface area contributed by atoms with Crippen LogP contribution in [0.15, 0.2) is 12.2 Å². The van der Waals surface area contributed by atoms with Crippen LogP contribution in [-0.4, -0.2) is 35.2 Å². The Morgan fingerprint density at radius 2 is 1.52 bits per heavy atom. The van der Waals surface area contributed by atoms with Crippen LogP contribution in [0.2, 0.25) is 0 Å². The lowest BCUT2D eigenvalue weighted by atomic mass is 9.50. The number of carbonyl (C=O) groups is 4. The SMILES string of the molecule is CC(OC(=O)C1CC2C(=O)C1C1C3C=CC(C3=O)C21)C(=O)OC1(C)C2CC3CC(C2)CC1C3. The van der Waals surface area contributed by atoms with Crippen LogP contribution in [0.5, 0.6) is 0 Å². The van der Waals surface area contributed by atoms with Gasteiger partial charge in [0.2, 0.25) is 0 Å². The van der Waals surface area contributed by atoms with Gasteiger partial charge >= 0.3 is 11.9 Å². The fourth-order valence-corrected chi connectivity index (χ4v) is 9.67. The molecule has 0 aliphatic heterocycles. The molecule has 8 aliphatic rings. The summed E-state index contributed by atoms with van der Waals surface area (Å²) in [6, 6.07) is 0. The molecule has 0 N–H and O–H groups in total. The zero-order valence-electron chi connectivity index (χ0n) is 19.3. The quantitative estimate of drug-likeness (QED) is 0.370. The first-order chi connectivity index (χ1) is 15.8. The molecule has 176 valence electrons. The van der Waals surface area contributed by atoms with Crippen molar-refractivity contribution in [1.82, 2.24) is 0 Å². The van der Waals surface area contributed by atoms with Crippen LogP contribution in [-0.2, 0) is 28.7 Å². The Balaban J connectivity index is 1.03. The van der Waals surface area contributed by atoms with E-state index in [0.717, 1.165) is 37.5 Å². The summed E-state index contributed by atoms with van der Waals surface area (Å²) in [5.74, 6) is 0.164. The van der Waals surface area contributed by atoms with Crippen LogP contribution in [0.25, 0.3) is 0 Å². The van der Waals surface area contributed by atoms with Gasteiger partial charge in [0.05, 0.1) is 5.92 Å². The van der Waals surface area contributed by atoms with Crippen LogP contribution in [0.3, 0.4) is 0 Å². The van der Waals surface area contributed by atoms with Crippen molar-refractivity contribution in [3.63, 3.8) is 0 Å². The fourth-order valence-electron chi connectivity index (χ4n) is 9.67. The molecule has 0 spiro atoms. The van der Waals surface area contributed by atoms with E-state index in [4.69, 9.17) is 9.47 Å². The van der Waals surface area contributed by atoms with Gasteiger partial charge in [0.25, 0.3) is 0 Å². The topological polar surface area (TPSA) is 86.7 Å². The summed E-state index contributed by atoms with van der Waals surface area (Å²) in [5, 5.41) is 0. The molecule has 6 nitrogen and oxygen atoms in total. The molecule has 7 fully saturated rings. The number of carbonyl (C=O) groups excluding carboxylic acids is 4. The van der Waals surface area contributed by atoms with E-state index < -0.39 is 35.5 Å². The summed E-state index contributed by atoms with van der Waals surface area (Å²) in [4.78, 5) is 51.6. The monoisotopic (exact) mass is 452 g/mol. The van der Waals surface area contributed by atoms with Crippen molar-refractivity contribution in [3.8, 4) is 0 Å². The summed E-state index contributed by atoms with van der Waals surface area (Å²) in [7, 11) is 0. The summed E-state index contributed by atoms with van der Waals surface area (Å²) < 4.78 is 11.7. The third-order valence-electron chi connectivity index (χ3n) is 11.0. The van der Waals surface area contributed by atoms with Crippen LogP contribution in [0.1, 0.15) is 52.4 Å². The van der Waals surface area contributed by atoms with Crippen molar-refractivity contribution in [2.75, 3.05) is 0 Å². The van der Waals surface area contributed by atoms with E-state index in [1.165, 1.54) is 6.42 Å². The third-order valence-corrected chi connectivity index (χ3v) is 11.0. The van der Waals surface area contributed by atoms with Crippen LogP contribution in [0, 0.1) is 65.1 Å². The normalized spacial score (nSPS) is 53.0. The molecule has 0 heterocycles. The molecule has 0 aromatic heterocycles. The Morgan fingerprint density at radius 1 is 0.909 bits per heavy atom. The second kappa shape index (κ2) is 6.57. The van der Waals surface area contributed by atoms with Gasteiger partial charge in [-0.1, -0.05) is 12.2 Å². The number of rotatable bonds is 4. The zero-order valence-corrected chi connectivity index (χ0v) is 19.3. The average Bonchev–Trinajstić information content (AvgIpc) is 3.47. The first-order valence-corrected chi connectivity index (χ1v) is 13.0. The van der Waals surface area contributed by atoms with Crippen molar-refractivity contribution >= 4 is 23.5 Å². The first kappa shape index (κ1) is 20.4. The van der Waals surface area contributed by atoms with E-state index in [0.29, 0.717) is 18.3 Å². The predicted octanol–water partition coefficient (Wildman–Crippen LogP) is 3.13. The number of hydrogen-bond donors (Lipinski definition) is 0. The maximum atomic E-state index is 13.1. The van der Waals surface area contributed by atoms with Crippen LogP contribution >= 0.6 is 0 Å². The summed E-state index contributed by atoms with van der Waals surface area (Å²) in [6.07, 6.45) is 9.21. The third kappa shape index (κ3) is 2.56. The first-order valence-electron chi connectivity index (χ1n) is 13.0. The highest BCUT2D eigenvalue weighted by atomic mass is 16.6. The van der Waals surface area contributed by atoms with Gasteiger partial charge < -0.3 is 9.47 Å². The van der Waals surface area contributed by atoms with Gasteiger partial charge in [-0.05, 0) is 87.9 Å². The molecule has 8 atom stereocenters. The molecule has 7 saturated carbocycles. The van der Waals surface area contributed by atoms with E-state index >= 15 is 0 Å². The van der Waals surface area contributed by atoms with Crippen molar-refractivity contribution in [2.24, 2.45) is 65.1 Å². The number of Topliss-reactive ketones (excluding diaryl/α,β-unsaturated/α-hetero) is 2. The molecule has 8 rings (SSSR count). The molecule has 6 heteroatoms. The molecule has 0 radical (unpaired) electrons. The molecular weight excluding hydrogens is 420 g/mol. The minimum Gasteiger partial charge on any atom is -0.456 e. The van der Waals surface area contributed by atoms with Gasteiger partial charge in [-0.15, -0.1) is 0 Å². The summed E-state index contributed by atoms with van der Waals surface area (Å²) in [5.41, 5.74) is -0.462. The van der Waals surface area contributed by atoms with E-state index in [-0.39, 0.29) is 41.2 Å². The second-order valence-electron chi connectivity index (χ2n) is 12.4. The molecule has 8 bridgehead atoms. The molecule has 33 heavy (non-hydrogen) atoms. The Bertz CT molecular complexity index is 967. The summed E-state index contributed by atoms with van der Waals surface area (Å²) >= 11 is 0. The molecule has 0 amide bonds. The smallest absolute Gasteiger partial charge is 0.347 e. The van der Waals surface area contributed by atoms with Crippen LogP contribution in [0.4, 0.5) is 0 Å². The average molecular weight is 453 g/mol. The minimum atomic E-state index is -0.988. The number of hydrogen-bond acceptors (Lipinski definition) is 6. The number of esters is 2. The maximum absolute atomic E-state index is 13.1. The number of ketones is 2. The zero-order chi connectivity index (χ0) is 22.8. The van der Waals surface area contributed by atoms with E-state index in [9.17, 15) is 19.2 Å². The summed E-state index contributed by atoms with van der Waals surface area (Å²) in [6.45, 7) is 3.67.